The third-order valence-electron chi connectivity index (χ3n) is 6.54. The van der Waals surface area contributed by atoms with E-state index in [4.69, 9.17) is 0 Å². The first-order chi connectivity index (χ1) is 16.0. The van der Waals surface area contributed by atoms with Crippen LogP contribution >= 0.6 is 0 Å². The molecule has 0 aromatic heterocycles. The van der Waals surface area contributed by atoms with E-state index in [-0.39, 0.29) is 4.90 Å². The van der Waals surface area contributed by atoms with Gasteiger partial charge in [0.25, 0.3) is 0 Å². The molecular weight excluding hydrogens is 469 g/mol. The first kappa shape index (κ1) is 24.3. The van der Waals surface area contributed by atoms with Crippen LogP contribution in [0.4, 0.5) is 18.9 Å². The minimum Gasteiger partial charge on any atom is -0.481 e. The number of anilines is 1. The molecule has 1 fully saturated rings. The normalized spacial score (nSPS) is 20.1. The van der Waals surface area contributed by atoms with Crippen molar-refractivity contribution in [2.75, 3.05) is 31.1 Å². The van der Waals surface area contributed by atoms with Crippen LogP contribution in [-0.4, -0.2) is 55.9 Å². The highest BCUT2D eigenvalue weighted by atomic mass is 32.2. The Balaban J connectivity index is 1.46. The van der Waals surface area contributed by atoms with Gasteiger partial charge in [0.2, 0.25) is 0 Å². The molecule has 0 saturated carbocycles. The van der Waals surface area contributed by atoms with Crippen LogP contribution in [-0.2, 0) is 33.6 Å². The van der Waals surface area contributed by atoms with Gasteiger partial charge in [0.1, 0.15) is 5.37 Å². The monoisotopic (exact) mass is 494 g/mol. The lowest BCUT2D eigenvalue weighted by Crippen LogP contribution is -2.52. The largest absolute Gasteiger partial charge is 0.481 e. The summed E-state index contributed by atoms with van der Waals surface area (Å²) in [5.74, 6) is -1.43. The van der Waals surface area contributed by atoms with Crippen LogP contribution in [0.3, 0.4) is 0 Å². The summed E-state index contributed by atoms with van der Waals surface area (Å²) < 4.78 is 65.2. The van der Waals surface area contributed by atoms with Crippen LogP contribution in [0.5, 0.6) is 0 Å². The highest BCUT2D eigenvalue weighted by Crippen LogP contribution is 2.32. The number of carboxylic acid groups (broad SMARTS) is 1. The summed E-state index contributed by atoms with van der Waals surface area (Å²) in [6.07, 6.45) is -2.31. The fraction of sp³-hybridized carbons (Fsp3) is 0.375. The van der Waals surface area contributed by atoms with Gasteiger partial charge in [-0.25, -0.2) is 8.42 Å². The maximum absolute atomic E-state index is 13.4. The number of aliphatic carboxylic acids is 1. The highest BCUT2D eigenvalue weighted by molar-refractivity contribution is 7.92. The number of sulfone groups is 1. The fourth-order valence-electron chi connectivity index (χ4n) is 4.65. The second-order valence-electron chi connectivity index (χ2n) is 8.61. The van der Waals surface area contributed by atoms with Crippen molar-refractivity contribution in [3.63, 3.8) is 0 Å². The summed E-state index contributed by atoms with van der Waals surface area (Å²) in [7, 11) is -3.80. The zero-order chi connectivity index (χ0) is 24.7. The summed E-state index contributed by atoms with van der Waals surface area (Å²) >= 11 is 0. The Hall–Kier alpha value is -2.85. The standard InChI is InChI=1S/C24H25F3N2O4S/c1-2-22(34(32,33)21-8-3-16-13-18(23(30)31)14-17(16)15-21)29-11-9-28(10-12-29)20-6-4-19(5-7-20)24(25,26)27/h2-8,15,18,22H,1,9-14H2,(H,30,31). The van der Waals surface area contributed by atoms with Crippen LogP contribution < -0.4 is 4.90 Å². The van der Waals surface area contributed by atoms with E-state index in [0.717, 1.165) is 23.3 Å². The third kappa shape index (κ3) is 4.69. The predicted molar refractivity (Wildman–Crippen MR) is 121 cm³/mol. The molecule has 4 rings (SSSR count). The zero-order valence-electron chi connectivity index (χ0n) is 18.3. The molecule has 0 radical (unpaired) electrons. The van der Waals surface area contributed by atoms with Gasteiger partial charge in [0.05, 0.1) is 16.4 Å². The van der Waals surface area contributed by atoms with E-state index in [0.29, 0.717) is 44.7 Å². The number of hydrogen-bond donors (Lipinski definition) is 1. The van der Waals surface area contributed by atoms with Crippen molar-refractivity contribution in [2.24, 2.45) is 5.92 Å². The molecule has 2 atom stereocenters. The first-order valence-corrected chi connectivity index (χ1v) is 12.4. The molecule has 0 bridgehead atoms. The van der Waals surface area contributed by atoms with Crippen molar-refractivity contribution >= 4 is 21.5 Å². The average Bonchev–Trinajstić information content (AvgIpc) is 3.23. The Bertz CT molecular complexity index is 1190. The molecule has 1 aliphatic heterocycles. The quantitative estimate of drug-likeness (QED) is 0.619. The molecule has 2 unspecified atom stereocenters. The highest BCUT2D eigenvalue weighted by Gasteiger charge is 2.35. The van der Waals surface area contributed by atoms with Crippen molar-refractivity contribution < 1.29 is 31.5 Å². The summed E-state index contributed by atoms with van der Waals surface area (Å²) in [4.78, 5) is 15.2. The van der Waals surface area contributed by atoms with E-state index >= 15 is 0 Å². The van der Waals surface area contributed by atoms with E-state index in [1.54, 1.807) is 17.0 Å². The zero-order valence-corrected chi connectivity index (χ0v) is 19.1. The minimum atomic E-state index is -4.39. The van der Waals surface area contributed by atoms with Crippen LogP contribution in [0.15, 0.2) is 60.0 Å². The average molecular weight is 495 g/mol. The molecule has 2 aromatic rings. The van der Waals surface area contributed by atoms with Gasteiger partial charge in [-0.2, -0.15) is 13.2 Å². The number of rotatable bonds is 6. The van der Waals surface area contributed by atoms with Gasteiger partial charge in [-0.1, -0.05) is 12.1 Å². The maximum Gasteiger partial charge on any atom is 0.416 e. The number of halogens is 3. The van der Waals surface area contributed by atoms with Crippen molar-refractivity contribution in [1.82, 2.24) is 4.90 Å². The van der Waals surface area contributed by atoms with Gasteiger partial charge in [-0.3, -0.25) is 9.69 Å². The topological polar surface area (TPSA) is 77.9 Å². The van der Waals surface area contributed by atoms with Crippen LogP contribution in [0, 0.1) is 5.92 Å². The molecular formula is C24H25F3N2O4S. The van der Waals surface area contributed by atoms with Gasteiger partial charge in [0.15, 0.2) is 9.84 Å². The SMILES string of the molecule is C=CC(N1CCN(c2ccc(C(F)(F)F)cc2)CC1)S(=O)(=O)c1ccc2c(c1)CC(C(=O)O)C2. The first-order valence-electron chi connectivity index (χ1n) is 10.9. The van der Waals surface area contributed by atoms with Gasteiger partial charge < -0.3 is 10.0 Å². The number of alkyl halides is 3. The van der Waals surface area contributed by atoms with E-state index in [1.165, 1.54) is 24.3 Å². The lowest BCUT2D eigenvalue weighted by atomic mass is 10.1. The number of fused-ring (bicyclic) bond motifs is 1. The molecule has 10 heteroatoms. The number of benzene rings is 2. The number of carbonyl (C=O) groups is 1. The maximum atomic E-state index is 13.4. The summed E-state index contributed by atoms with van der Waals surface area (Å²) in [6.45, 7) is 5.42. The Labute approximate surface area is 196 Å². The van der Waals surface area contributed by atoms with E-state index in [2.05, 4.69) is 6.58 Å². The van der Waals surface area contributed by atoms with Crippen molar-refractivity contribution in [1.29, 1.82) is 0 Å². The number of hydrogen-bond acceptors (Lipinski definition) is 5. The molecule has 1 saturated heterocycles. The van der Waals surface area contributed by atoms with E-state index in [1.807, 2.05) is 4.90 Å². The molecule has 34 heavy (non-hydrogen) atoms. The second kappa shape index (κ2) is 9.07. The summed E-state index contributed by atoms with van der Waals surface area (Å²) in [6, 6.07) is 9.72. The molecule has 0 spiro atoms. The lowest BCUT2D eigenvalue weighted by Gasteiger charge is -2.39. The predicted octanol–water partition coefficient (Wildman–Crippen LogP) is 3.61. The lowest BCUT2D eigenvalue weighted by molar-refractivity contribution is -0.141. The Morgan fingerprint density at radius 3 is 2.21 bits per heavy atom. The minimum absolute atomic E-state index is 0.132. The van der Waals surface area contributed by atoms with Gasteiger partial charge in [0, 0.05) is 31.9 Å². The Morgan fingerprint density at radius 1 is 1.03 bits per heavy atom. The molecule has 2 aliphatic rings. The van der Waals surface area contributed by atoms with Crippen LogP contribution in [0.25, 0.3) is 0 Å². The van der Waals surface area contributed by atoms with Crippen molar-refractivity contribution in [2.45, 2.75) is 29.3 Å². The second-order valence-corrected chi connectivity index (χ2v) is 10.7. The van der Waals surface area contributed by atoms with E-state index < -0.39 is 38.8 Å². The summed E-state index contributed by atoms with van der Waals surface area (Å²) in [5, 5.41) is 8.31. The molecule has 6 nitrogen and oxygen atoms in total. The third-order valence-corrected chi connectivity index (χ3v) is 8.58. The number of nitrogens with zero attached hydrogens (tertiary/aromatic N) is 2. The van der Waals surface area contributed by atoms with Crippen molar-refractivity contribution in [3.05, 3.63) is 71.8 Å². The van der Waals surface area contributed by atoms with Crippen LogP contribution in [0.1, 0.15) is 16.7 Å². The number of carboxylic acids is 1. The number of piperazine rings is 1. The molecule has 182 valence electrons. The smallest absolute Gasteiger partial charge is 0.416 e. The van der Waals surface area contributed by atoms with Gasteiger partial charge in [-0.15, -0.1) is 6.58 Å². The van der Waals surface area contributed by atoms with Crippen LogP contribution in [0.2, 0.25) is 0 Å². The summed E-state index contributed by atoms with van der Waals surface area (Å²) in [5.41, 5.74) is 1.53. The fourth-order valence-corrected chi connectivity index (χ4v) is 6.35. The molecule has 1 N–H and O–H groups in total. The molecule has 0 amide bonds. The van der Waals surface area contributed by atoms with Gasteiger partial charge in [-0.05, 0) is 60.4 Å². The van der Waals surface area contributed by atoms with Gasteiger partial charge >= 0.3 is 12.1 Å². The van der Waals surface area contributed by atoms with E-state index in [9.17, 15) is 31.5 Å². The van der Waals surface area contributed by atoms with Crippen molar-refractivity contribution in [3.8, 4) is 0 Å². The molecule has 1 aliphatic carbocycles. The Kier molecular flexibility index (Phi) is 6.48. The molecule has 2 aromatic carbocycles. The Morgan fingerprint density at radius 2 is 1.65 bits per heavy atom. The molecule has 1 heterocycles.